The number of hydrogen-bond donors (Lipinski definition) is 3. The normalized spacial score (nSPS) is 10.3. The first-order valence-electron chi connectivity index (χ1n) is 5.52. The lowest BCUT2D eigenvalue weighted by Crippen LogP contribution is -2.09. The maximum Gasteiger partial charge on any atom is 0.225 e. The van der Waals surface area contributed by atoms with Crippen LogP contribution < -0.4 is 16.0 Å². The molecule has 4 N–H and O–H groups in total. The van der Waals surface area contributed by atoms with Gasteiger partial charge in [-0.3, -0.25) is 0 Å². The number of nitrogens with one attached hydrogen (secondary N) is 1. The molecule has 7 heteroatoms. The van der Waals surface area contributed by atoms with E-state index in [0.717, 1.165) is 5.56 Å². The Hall–Kier alpha value is -1.83. The molecule has 0 amide bonds. The molecular weight excluding hydrogens is 264 g/mol. The van der Waals surface area contributed by atoms with Crippen LogP contribution in [0.4, 0.5) is 5.82 Å². The summed E-state index contributed by atoms with van der Waals surface area (Å²) in [5.74, 6) is 6.81. The molecule has 1 aromatic heterocycles. The number of aromatic nitrogens is 2. The Balaban J connectivity index is 2.26. The Morgan fingerprint density at radius 2 is 2.21 bits per heavy atom. The summed E-state index contributed by atoms with van der Waals surface area (Å²) in [5, 5.41) is 9.64. The number of nitrogens with zero attached hydrogens (tertiary/aromatic N) is 2. The predicted octanol–water partition coefficient (Wildman–Crippen LogP) is 1.77. The highest BCUT2D eigenvalue weighted by atomic mass is 32.2. The summed E-state index contributed by atoms with van der Waals surface area (Å²) in [5.41, 5.74) is 3.24. The zero-order chi connectivity index (χ0) is 13.7. The van der Waals surface area contributed by atoms with E-state index in [2.05, 4.69) is 15.4 Å². The van der Waals surface area contributed by atoms with Crippen molar-refractivity contribution in [3.05, 3.63) is 35.9 Å². The Bertz CT molecular complexity index is 543. The Morgan fingerprint density at radius 3 is 2.89 bits per heavy atom. The van der Waals surface area contributed by atoms with Gasteiger partial charge in [0.25, 0.3) is 0 Å². The fourth-order valence-corrected chi connectivity index (χ4v) is 1.82. The lowest BCUT2D eigenvalue weighted by atomic mass is 10.2. The van der Waals surface area contributed by atoms with E-state index in [1.54, 1.807) is 24.3 Å². The highest BCUT2D eigenvalue weighted by molar-refractivity contribution is 7.98. The molecule has 0 bridgehead atoms. The highest BCUT2D eigenvalue weighted by Gasteiger charge is 2.06. The number of thioether (sulfide) groups is 1. The van der Waals surface area contributed by atoms with Gasteiger partial charge in [0, 0.05) is 6.07 Å². The van der Waals surface area contributed by atoms with Crippen LogP contribution >= 0.6 is 11.8 Å². The Labute approximate surface area is 115 Å². The second-order valence-corrected chi connectivity index (χ2v) is 4.40. The van der Waals surface area contributed by atoms with Crippen LogP contribution in [0.5, 0.6) is 11.6 Å². The summed E-state index contributed by atoms with van der Waals surface area (Å²) in [4.78, 5) is 8.36. The van der Waals surface area contributed by atoms with E-state index in [4.69, 9.17) is 15.7 Å². The second-order valence-electron chi connectivity index (χ2n) is 3.63. The predicted molar refractivity (Wildman–Crippen MR) is 74.1 cm³/mol. The SMILES string of the molecule is CSc1nc(NN)cc(Oc2cccc(CO)c2)n1. The molecule has 6 nitrogen and oxygen atoms in total. The molecule has 0 saturated heterocycles. The third-order valence-corrected chi connectivity index (χ3v) is 2.86. The number of aliphatic hydroxyl groups excluding tert-OH is 1. The molecule has 1 heterocycles. The molecule has 0 atom stereocenters. The largest absolute Gasteiger partial charge is 0.439 e. The lowest BCUT2D eigenvalue weighted by Gasteiger charge is -2.08. The highest BCUT2D eigenvalue weighted by Crippen LogP contribution is 2.24. The van der Waals surface area contributed by atoms with Crippen LogP contribution in [-0.2, 0) is 6.61 Å². The molecule has 2 aromatic rings. The molecule has 0 fully saturated rings. The number of hydrazine groups is 1. The van der Waals surface area contributed by atoms with Crippen molar-refractivity contribution in [2.75, 3.05) is 11.7 Å². The zero-order valence-electron chi connectivity index (χ0n) is 10.3. The summed E-state index contributed by atoms with van der Waals surface area (Å²) >= 11 is 1.39. The molecule has 0 spiro atoms. The molecule has 0 aliphatic carbocycles. The molecule has 0 saturated carbocycles. The van der Waals surface area contributed by atoms with Gasteiger partial charge >= 0.3 is 0 Å². The van der Waals surface area contributed by atoms with E-state index in [1.165, 1.54) is 11.8 Å². The topological polar surface area (TPSA) is 93.3 Å². The Kier molecular flexibility index (Phi) is 4.56. The van der Waals surface area contributed by atoms with Crippen LogP contribution in [0, 0.1) is 0 Å². The summed E-state index contributed by atoms with van der Waals surface area (Å²) in [6.45, 7) is -0.0351. The van der Waals surface area contributed by atoms with E-state index in [0.29, 0.717) is 22.6 Å². The van der Waals surface area contributed by atoms with E-state index in [1.807, 2.05) is 12.3 Å². The number of hydrogen-bond acceptors (Lipinski definition) is 7. The molecule has 2 rings (SSSR count). The Morgan fingerprint density at radius 1 is 1.37 bits per heavy atom. The first-order valence-corrected chi connectivity index (χ1v) is 6.75. The van der Waals surface area contributed by atoms with Gasteiger partial charge in [-0.05, 0) is 24.0 Å². The van der Waals surface area contributed by atoms with Gasteiger partial charge in [0.05, 0.1) is 6.61 Å². The number of nitrogen functional groups attached to an aromatic ring is 1. The molecule has 19 heavy (non-hydrogen) atoms. The smallest absolute Gasteiger partial charge is 0.225 e. The van der Waals surface area contributed by atoms with Crippen LogP contribution in [0.2, 0.25) is 0 Å². The fraction of sp³-hybridized carbons (Fsp3) is 0.167. The minimum atomic E-state index is -0.0351. The average Bonchev–Trinajstić information content (AvgIpc) is 2.47. The quantitative estimate of drug-likeness (QED) is 0.332. The van der Waals surface area contributed by atoms with Gasteiger partial charge in [-0.2, -0.15) is 4.98 Å². The van der Waals surface area contributed by atoms with Crippen molar-refractivity contribution in [3.8, 4) is 11.6 Å². The number of aliphatic hydroxyl groups is 1. The third kappa shape index (κ3) is 3.57. The van der Waals surface area contributed by atoms with Crippen molar-refractivity contribution < 1.29 is 9.84 Å². The first kappa shape index (κ1) is 13.6. The van der Waals surface area contributed by atoms with Crippen LogP contribution in [0.15, 0.2) is 35.5 Å². The van der Waals surface area contributed by atoms with Crippen molar-refractivity contribution in [3.63, 3.8) is 0 Å². The summed E-state index contributed by atoms with van der Waals surface area (Å²) in [7, 11) is 0. The fourth-order valence-electron chi connectivity index (χ4n) is 1.45. The van der Waals surface area contributed by atoms with Crippen molar-refractivity contribution in [1.82, 2.24) is 9.97 Å². The van der Waals surface area contributed by atoms with Gasteiger partial charge in [-0.25, -0.2) is 10.8 Å². The maximum absolute atomic E-state index is 9.08. The number of ether oxygens (including phenoxy) is 1. The number of benzene rings is 1. The molecule has 1 aromatic carbocycles. The number of anilines is 1. The number of nitrogens with two attached hydrogens (primary N) is 1. The van der Waals surface area contributed by atoms with Crippen molar-refractivity contribution in [2.24, 2.45) is 5.84 Å². The van der Waals surface area contributed by atoms with E-state index < -0.39 is 0 Å². The van der Waals surface area contributed by atoms with Gasteiger partial charge in [0.1, 0.15) is 11.6 Å². The van der Waals surface area contributed by atoms with E-state index >= 15 is 0 Å². The van der Waals surface area contributed by atoms with Crippen LogP contribution in [0.3, 0.4) is 0 Å². The van der Waals surface area contributed by atoms with Crippen molar-refractivity contribution in [2.45, 2.75) is 11.8 Å². The van der Waals surface area contributed by atoms with Gasteiger partial charge in [0.15, 0.2) is 5.16 Å². The standard InChI is InChI=1S/C12H14N4O2S/c1-19-12-14-10(16-13)6-11(15-12)18-9-4-2-3-8(5-9)7-17/h2-6,17H,7,13H2,1H3,(H,14,15,16). The maximum atomic E-state index is 9.08. The minimum Gasteiger partial charge on any atom is -0.439 e. The van der Waals surface area contributed by atoms with Crippen LogP contribution in [-0.4, -0.2) is 21.3 Å². The average molecular weight is 278 g/mol. The van der Waals surface area contributed by atoms with Gasteiger partial charge in [-0.1, -0.05) is 23.9 Å². The molecule has 0 aliphatic heterocycles. The van der Waals surface area contributed by atoms with Crippen LogP contribution in [0.25, 0.3) is 0 Å². The third-order valence-electron chi connectivity index (χ3n) is 2.32. The molecule has 0 unspecified atom stereocenters. The van der Waals surface area contributed by atoms with Gasteiger partial charge < -0.3 is 15.3 Å². The summed E-state index contributed by atoms with van der Waals surface area (Å²) in [6, 6.07) is 8.75. The minimum absolute atomic E-state index is 0.0351. The van der Waals surface area contributed by atoms with Crippen molar-refractivity contribution >= 4 is 17.6 Å². The molecule has 0 aliphatic rings. The molecular formula is C12H14N4O2S. The monoisotopic (exact) mass is 278 g/mol. The second kappa shape index (κ2) is 6.37. The van der Waals surface area contributed by atoms with E-state index in [9.17, 15) is 0 Å². The van der Waals surface area contributed by atoms with Crippen molar-refractivity contribution in [1.29, 1.82) is 0 Å². The summed E-state index contributed by atoms with van der Waals surface area (Å²) in [6.07, 6.45) is 1.87. The molecule has 0 radical (unpaired) electrons. The molecule has 100 valence electrons. The zero-order valence-corrected chi connectivity index (χ0v) is 11.1. The summed E-state index contributed by atoms with van der Waals surface area (Å²) < 4.78 is 5.63. The van der Waals surface area contributed by atoms with Gasteiger partial charge in [-0.15, -0.1) is 0 Å². The van der Waals surface area contributed by atoms with E-state index in [-0.39, 0.29) is 6.61 Å². The first-order chi connectivity index (χ1) is 9.25. The van der Waals surface area contributed by atoms with Gasteiger partial charge in [0.2, 0.25) is 5.88 Å². The lowest BCUT2D eigenvalue weighted by molar-refractivity contribution is 0.281. The van der Waals surface area contributed by atoms with Crippen LogP contribution in [0.1, 0.15) is 5.56 Å². The number of rotatable bonds is 5.